The standard InChI is InChI=1S/C12H14N4O2/c13-9(7-17)12(18)16-10-6-14-11(15-10)8-4-2-1-3-5-8/h1-6,9,17H,7,13H2,(H,14,15)(H,16,18)/t9-/m1/s1. The summed E-state index contributed by atoms with van der Waals surface area (Å²) >= 11 is 0. The van der Waals surface area contributed by atoms with Crippen LogP contribution in [-0.2, 0) is 4.79 Å². The number of anilines is 1. The van der Waals surface area contributed by atoms with Crippen LogP contribution in [0, 0.1) is 0 Å². The summed E-state index contributed by atoms with van der Waals surface area (Å²) in [6.07, 6.45) is 1.50. The summed E-state index contributed by atoms with van der Waals surface area (Å²) in [5.74, 6) is 0.645. The second-order valence-electron chi connectivity index (χ2n) is 3.79. The fraction of sp³-hybridized carbons (Fsp3) is 0.167. The molecule has 0 saturated carbocycles. The highest BCUT2D eigenvalue weighted by Gasteiger charge is 2.13. The second-order valence-corrected chi connectivity index (χ2v) is 3.79. The van der Waals surface area contributed by atoms with Crippen molar-refractivity contribution in [2.75, 3.05) is 11.9 Å². The van der Waals surface area contributed by atoms with Gasteiger partial charge in [0.15, 0.2) is 0 Å². The Morgan fingerprint density at radius 3 is 2.83 bits per heavy atom. The molecule has 0 fully saturated rings. The number of imidazole rings is 1. The first-order valence-electron chi connectivity index (χ1n) is 5.48. The molecule has 0 radical (unpaired) electrons. The number of benzene rings is 1. The molecule has 2 rings (SSSR count). The monoisotopic (exact) mass is 246 g/mol. The van der Waals surface area contributed by atoms with Gasteiger partial charge in [0, 0.05) is 5.56 Å². The van der Waals surface area contributed by atoms with Gasteiger partial charge in [-0.15, -0.1) is 0 Å². The third kappa shape index (κ3) is 2.73. The lowest BCUT2D eigenvalue weighted by Gasteiger charge is -2.07. The lowest BCUT2D eigenvalue weighted by atomic mass is 10.2. The van der Waals surface area contributed by atoms with Crippen LogP contribution in [0.3, 0.4) is 0 Å². The fourth-order valence-electron chi connectivity index (χ4n) is 1.44. The minimum atomic E-state index is -0.937. The Balaban J connectivity index is 2.10. The quantitative estimate of drug-likeness (QED) is 0.624. The van der Waals surface area contributed by atoms with E-state index in [4.69, 9.17) is 10.8 Å². The molecule has 0 aliphatic rings. The number of aromatic nitrogens is 2. The Kier molecular flexibility index (Phi) is 3.71. The zero-order valence-electron chi connectivity index (χ0n) is 9.63. The van der Waals surface area contributed by atoms with Crippen LogP contribution in [0.1, 0.15) is 0 Å². The van der Waals surface area contributed by atoms with Crippen molar-refractivity contribution >= 4 is 11.7 Å². The first-order valence-corrected chi connectivity index (χ1v) is 5.48. The lowest BCUT2D eigenvalue weighted by molar-refractivity contribution is -0.118. The maximum Gasteiger partial charge on any atom is 0.244 e. The van der Waals surface area contributed by atoms with Crippen LogP contribution in [0.2, 0.25) is 0 Å². The van der Waals surface area contributed by atoms with Crippen molar-refractivity contribution in [3.05, 3.63) is 36.5 Å². The highest BCUT2D eigenvalue weighted by molar-refractivity contribution is 5.94. The lowest BCUT2D eigenvalue weighted by Crippen LogP contribution is -2.38. The van der Waals surface area contributed by atoms with E-state index >= 15 is 0 Å². The van der Waals surface area contributed by atoms with Crippen LogP contribution in [0.4, 0.5) is 5.82 Å². The van der Waals surface area contributed by atoms with E-state index in [0.29, 0.717) is 11.6 Å². The third-order valence-electron chi connectivity index (χ3n) is 2.41. The molecule has 0 bridgehead atoms. The topological polar surface area (TPSA) is 104 Å². The molecule has 2 aromatic rings. The van der Waals surface area contributed by atoms with Gasteiger partial charge in [0.25, 0.3) is 0 Å². The van der Waals surface area contributed by atoms with Gasteiger partial charge in [-0.2, -0.15) is 0 Å². The maximum atomic E-state index is 11.4. The van der Waals surface area contributed by atoms with Crippen molar-refractivity contribution in [2.24, 2.45) is 5.73 Å². The molecule has 0 saturated heterocycles. The summed E-state index contributed by atoms with van der Waals surface area (Å²) in [6, 6.07) is 8.59. The summed E-state index contributed by atoms with van der Waals surface area (Å²) in [7, 11) is 0. The van der Waals surface area contributed by atoms with E-state index in [1.165, 1.54) is 6.20 Å². The third-order valence-corrected chi connectivity index (χ3v) is 2.41. The van der Waals surface area contributed by atoms with Crippen LogP contribution in [0.25, 0.3) is 11.4 Å². The second kappa shape index (κ2) is 5.44. The van der Waals surface area contributed by atoms with Crippen molar-refractivity contribution in [3.8, 4) is 11.4 Å². The van der Waals surface area contributed by atoms with Gasteiger partial charge in [0.1, 0.15) is 17.7 Å². The summed E-state index contributed by atoms with van der Waals surface area (Å²) in [6.45, 7) is -0.397. The van der Waals surface area contributed by atoms with Crippen molar-refractivity contribution in [2.45, 2.75) is 6.04 Å². The summed E-state index contributed by atoms with van der Waals surface area (Å²) in [4.78, 5) is 18.6. The van der Waals surface area contributed by atoms with Crippen LogP contribution >= 0.6 is 0 Å². The largest absolute Gasteiger partial charge is 0.394 e. The molecule has 94 valence electrons. The zero-order chi connectivity index (χ0) is 13.0. The number of hydrogen-bond acceptors (Lipinski definition) is 4. The molecule has 5 N–H and O–H groups in total. The Morgan fingerprint density at radius 1 is 1.44 bits per heavy atom. The number of aliphatic hydroxyl groups excluding tert-OH is 1. The molecular weight excluding hydrogens is 232 g/mol. The van der Waals surface area contributed by atoms with Gasteiger partial charge in [0.2, 0.25) is 5.91 Å². The minimum Gasteiger partial charge on any atom is -0.394 e. The number of nitrogens with one attached hydrogen (secondary N) is 2. The van der Waals surface area contributed by atoms with Crippen LogP contribution < -0.4 is 11.1 Å². The van der Waals surface area contributed by atoms with E-state index in [9.17, 15) is 4.79 Å². The average Bonchev–Trinajstić information content (AvgIpc) is 2.87. The molecule has 18 heavy (non-hydrogen) atoms. The van der Waals surface area contributed by atoms with Crippen molar-refractivity contribution in [1.29, 1.82) is 0 Å². The Labute approximate surface area is 104 Å². The van der Waals surface area contributed by atoms with E-state index in [1.54, 1.807) is 0 Å². The fourth-order valence-corrected chi connectivity index (χ4v) is 1.44. The van der Waals surface area contributed by atoms with Gasteiger partial charge in [-0.05, 0) is 0 Å². The highest BCUT2D eigenvalue weighted by Crippen LogP contribution is 2.16. The molecule has 0 spiro atoms. The number of carbonyl (C=O) groups is 1. The summed E-state index contributed by atoms with van der Waals surface area (Å²) in [5, 5.41) is 11.3. The predicted molar refractivity (Wildman–Crippen MR) is 67.7 cm³/mol. The normalized spacial score (nSPS) is 12.1. The number of H-pyrrole nitrogens is 1. The van der Waals surface area contributed by atoms with Crippen molar-refractivity contribution in [3.63, 3.8) is 0 Å². The number of amides is 1. The minimum absolute atomic E-state index is 0.397. The molecule has 0 aliphatic heterocycles. The van der Waals surface area contributed by atoms with Gasteiger partial charge in [0.05, 0.1) is 12.8 Å². The molecule has 1 aromatic heterocycles. The highest BCUT2D eigenvalue weighted by atomic mass is 16.3. The van der Waals surface area contributed by atoms with E-state index in [2.05, 4.69) is 15.3 Å². The smallest absolute Gasteiger partial charge is 0.244 e. The first kappa shape index (κ1) is 12.3. The molecule has 1 aromatic carbocycles. The number of aliphatic hydroxyl groups is 1. The first-order chi connectivity index (χ1) is 8.70. The maximum absolute atomic E-state index is 11.4. The Bertz CT molecular complexity index is 524. The predicted octanol–water partition coefficient (Wildman–Crippen LogP) is 0.335. The Hall–Kier alpha value is -2.18. The van der Waals surface area contributed by atoms with Crippen molar-refractivity contribution in [1.82, 2.24) is 9.97 Å². The van der Waals surface area contributed by atoms with E-state index in [0.717, 1.165) is 5.56 Å². The van der Waals surface area contributed by atoms with Gasteiger partial charge < -0.3 is 21.1 Å². The number of nitrogens with zero attached hydrogens (tertiary/aromatic N) is 1. The van der Waals surface area contributed by atoms with Gasteiger partial charge >= 0.3 is 0 Å². The number of aromatic amines is 1. The van der Waals surface area contributed by atoms with Gasteiger partial charge in [-0.3, -0.25) is 4.79 Å². The average molecular weight is 246 g/mol. The molecule has 0 aliphatic carbocycles. The zero-order valence-corrected chi connectivity index (χ0v) is 9.63. The number of carbonyl (C=O) groups excluding carboxylic acids is 1. The summed E-state index contributed by atoms with van der Waals surface area (Å²) < 4.78 is 0. The molecule has 6 nitrogen and oxygen atoms in total. The summed E-state index contributed by atoms with van der Waals surface area (Å²) in [5.41, 5.74) is 6.31. The number of rotatable bonds is 4. The van der Waals surface area contributed by atoms with Gasteiger partial charge in [-0.25, -0.2) is 4.98 Å². The molecule has 1 amide bonds. The van der Waals surface area contributed by atoms with E-state index in [1.807, 2.05) is 30.3 Å². The van der Waals surface area contributed by atoms with Crippen LogP contribution in [0.15, 0.2) is 36.5 Å². The Morgan fingerprint density at radius 2 is 2.17 bits per heavy atom. The van der Waals surface area contributed by atoms with Crippen molar-refractivity contribution < 1.29 is 9.90 Å². The number of nitrogens with two attached hydrogens (primary N) is 1. The SMILES string of the molecule is N[C@H](CO)C(=O)Nc1cnc(-c2ccccc2)[nH]1. The van der Waals surface area contributed by atoms with Crippen LogP contribution in [0.5, 0.6) is 0 Å². The molecule has 1 atom stereocenters. The van der Waals surface area contributed by atoms with E-state index < -0.39 is 18.6 Å². The van der Waals surface area contributed by atoms with Crippen LogP contribution in [-0.4, -0.2) is 33.6 Å². The molecule has 6 heteroatoms. The molecule has 1 heterocycles. The molecule has 0 unspecified atom stereocenters. The van der Waals surface area contributed by atoms with E-state index in [-0.39, 0.29) is 0 Å². The molecular formula is C12H14N4O2. The van der Waals surface area contributed by atoms with Gasteiger partial charge in [-0.1, -0.05) is 30.3 Å². The number of hydrogen-bond donors (Lipinski definition) is 4.